The second kappa shape index (κ2) is 5.23. The highest BCUT2D eigenvalue weighted by Gasteiger charge is 2.41. The summed E-state index contributed by atoms with van der Waals surface area (Å²) in [6, 6.07) is 6.84. The molecule has 1 aliphatic heterocycles. The van der Waals surface area contributed by atoms with Crippen molar-refractivity contribution in [3.8, 4) is 0 Å². The molecule has 20 heavy (non-hydrogen) atoms. The Hall–Kier alpha value is -1.90. The molecule has 0 aromatic heterocycles. The van der Waals surface area contributed by atoms with Crippen molar-refractivity contribution in [2.45, 2.75) is 5.51 Å². The topological polar surface area (TPSA) is 71.5 Å². The second-order valence-corrected chi connectivity index (χ2v) is 5.94. The second-order valence-electron chi connectivity index (χ2n) is 3.93. The largest absolute Gasteiger partial charge is 0.497 e. The molecular weight excluding hydrogens is 299 g/mol. The Morgan fingerprint density at radius 1 is 1.00 bits per heavy atom. The smallest absolute Gasteiger partial charge is 0.277 e. The van der Waals surface area contributed by atoms with E-state index in [1.54, 1.807) is 24.3 Å². The first-order valence-corrected chi connectivity index (χ1v) is 7.03. The fourth-order valence-electron chi connectivity index (χ4n) is 1.31. The Kier molecular flexibility index (Phi) is 4.23. The van der Waals surface area contributed by atoms with Crippen molar-refractivity contribution in [1.82, 2.24) is 4.90 Å². The number of fused-ring (bicyclic) bond motifs is 1. The van der Waals surface area contributed by atoms with Crippen molar-refractivity contribution < 1.29 is 31.2 Å². The molecule has 1 aromatic rings. The lowest BCUT2D eigenvalue weighted by Crippen LogP contribution is -2.24. The van der Waals surface area contributed by atoms with Crippen LogP contribution < -0.4 is 0 Å². The van der Waals surface area contributed by atoms with Gasteiger partial charge < -0.3 is 0 Å². The van der Waals surface area contributed by atoms with Gasteiger partial charge in [0.05, 0.1) is 11.1 Å². The molecule has 0 saturated carbocycles. The van der Waals surface area contributed by atoms with Gasteiger partial charge >= 0.3 is 5.51 Å². The van der Waals surface area contributed by atoms with E-state index in [0.717, 1.165) is 4.90 Å². The van der Waals surface area contributed by atoms with Gasteiger partial charge in [-0.1, -0.05) is 12.1 Å². The number of rotatable bonds is 0. The molecule has 0 aliphatic carbocycles. The Morgan fingerprint density at radius 3 is 1.55 bits per heavy atom. The first kappa shape index (κ1) is 16.2. The molecule has 0 saturated heterocycles. The summed E-state index contributed by atoms with van der Waals surface area (Å²) in [5.41, 5.74) is -4.08. The lowest BCUT2D eigenvalue weighted by Gasteiger charge is -2.02. The number of alkyl halides is 3. The van der Waals surface area contributed by atoms with Crippen molar-refractivity contribution >= 4 is 21.7 Å². The Bertz CT molecular complexity index is 617. The van der Waals surface area contributed by atoms with E-state index in [1.807, 2.05) is 0 Å². The summed E-state index contributed by atoms with van der Waals surface area (Å²) in [6.07, 6.45) is 0.118. The molecule has 5 nitrogen and oxygen atoms in total. The van der Waals surface area contributed by atoms with Gasteiger partial charge in [0, 0.05) is 13.3 Å². The number of nitrogens with zero attached hydrogens (tertiary/aromatic N) is 1. The number of amides is 2. The van der Waals surface area contributed by atoms with Crippen LogP contribution in [0.4, 0.5) is 13.2 Å². The summed E-state index contributed by atoms with van der Waals surface area (Å²) in [7, 11) is -3.35. The number of hydrogen-bond donors (Lipinski definition) is 0. The van der Waals surface area contributed by atoms with Gasteiger partial charge in [0.25, 0.3) is 11.8 Å². The molecule has 0 atom stereocenters. The van der Waals surface area contributed by atoms with Crippen LogP contribution >= 0.6 is 0 Å². The number of imide groups is 1. The van der Waals surface area contributed by atoms with Crippen LogP contribution in [0.5, 0.6) is 0 Å². The van der Waals surface area contributed by atoms with Crippen LogP contribution in [0.3, 0.4) is 0 Å². The molecule has 0 radical (unpaired) electrons. The highest BCUT2D eigenvalue weighted by atomic mass is 32.2. The molecule has 0 fully saturated rings. The van der Waals surface area contributed by atoms with Gasteiger partial charge in [-0.3, -0.25) is 14.5 Å². The molecule has 2 amide bonds. The molecule has 9 heteroatoms. The van der Waals surface area contributed by atoms with Crippen LogP contribution in [0.2, 0.25) is 0 Å². The van der Waals surface area contributed by atoms with Crippen molar-refractivity contribution in [3.05, 3.63) is 35.4 Å². The van der Waals surface area contributed by atoms with E-state index in [-0.39, 0.29) is 18.1 Å². The lowest BCUT2D eigenvalue weighted by molar-refractivity contribution is -0.0429. The minimum absolute atomic E-state index is 0.118. The third kappa shape index (κ3) is 3.16. The Morgan fingerprint density at radius 2 is 1.30 bits per heavy atom. The van der Waals surface area contributed by atoms with E-state index >= 15 is 0 Å². The molecule has 0 spiro atoms. The van der Waals surface area contributed by atoms with Gasteiger partial charge in [-0.25, -0.2) is 8.42 Å². The molecule has 110 valence electrons. The first-order chi connectivity index (χ1) is 8.97. The maximum atomic E-state index is 11.3. The van der Waals surface area contributed by atoms with Gasteiger partial charge in [0.15, 0.2) is 0 Å². The van der Waals surface area contributed by atoms with E-state index in [0.29, 0.717) is 11.1 Å². The van der Waals surface area contributed by atoms with Crippen molar-refractivity contribution in [2.75, 3.05) is 13.3 Å². The number of hydrogen-bond acceptors (Lipinski definition) is 4. The molecule has 2 rings (SSSR count). The van der Waals surface area contributed by atoms with Crippen LogP contribution in [-0.2, 0) is 9.84 Å². The van der Waals surface area contributed by atoms with Gasteiger partial charge in [0.1, 0.15) is 0 Å². The number of carbonyl (C=O) groups excluding carboxylic acids is 2. The Balaban J connectivity index is 0.000000221. The standard InChI is InChI=1S/C9H7NO2.C2H3F3O2S/c1-10-8(11)6-4-2-3-5-7(6)9(10)12;1-8(6,7)2(3,4)5/h2-5H,1H3;1H3. The number of carbonyl (C=O) groups is 2. The zero-order chi connectivity index (χ0) is 15.7. The third-order valence-electron chi connectivity index (χ3n) is 2.42. The molecule has 1 aromatic carbocycles. The predicted molar refractivity (Wildman–Crippen MR) is 63.8 cm³/mol. The fourth-order valence-corrected chi connectivity index (χ4v) is 1.31. The summed E-state index contributed by atoms with van der Waals surface area (Å²) in [4.78, 5) is 23.8. The third-order valence-corrected chi connectivity index (χ3v) is 3.26. The Labute approximate surface area is 112 Å². The minimum atomic E-state index is -5.09. The van der Waals surface area contributed by atoms with Crippen LogP contribution in [0.15, 0.2) is 24.3 Å². The molecule has 1 heterocycles. The van der Waals surface area contributed by atoms with Crippen LogP contribution in [-0.4, -0.2) is 43.9 Å². The van der Waals surface area contributed by atoms with Crippen molar-refractivity contribution in [3.63, 3.8) is 0 Å². The van der Waals surface area contributed by atoms with E-state index in [2.05, 4.69) is 0 Å². The summed E-state index contributed by atoms with van der Waals surface area (Å²) < 4.78 is 52.0. The predicted octanol–water partition coefficient (Wildman–Crippen LogP) is 1.46. The molecule has 0 bridgehead atoms. The van der Waals surface area contributed by atoms with E-state index in [4.69, 9.17) is 0 Å². The summed E-state index contributed by atoms with van der Waals surface area (Å²) in [5.74, 6) is -0.425. The number of sulfone groups is 1. The molecule has 0 N–H and O–H groups in total. The number of benzene rings is 1. The highest BCUT2D eigenvalue weighted by Crippen LogP contribution is 2.21. The van der Waals surface area contributed by atoms with Crippen LogP contribution in [0.1, 0.15) is 20.7 Å². The van der Waals surface area contributed by atoms with E-state index < -0.39 is 15.3 Å². The average Bonchev–Trinajstić information content (AvgIpc) is 2.54. The van der Waals surface area contributed by atoms with E-state index in [1.165, 1.54) is 7.05 Å². The maximum Gasteiger partial charge on any atom is 0.497 e. The fraction of sp³-hybridized carbons (Fsp3) is 0.273. The monoisotopic (exact) mass is 309 g/mol. The lowest BCUT2D eigenvalue weighted by atomic mass is 10.1. The van der Waals surface area contributed by atoms with Gasteiger partial charge in [-0.2, -0.15) is 13.2 Å². The summed E-state index contributed by atoms with van der Waals surface area (Å²) in [6.45, 7) is 0. The van der Waals surface area contributed by atoms with Crippen LogP contribution in [0.25, 0.3) is 0 Å². The van der Waals surface area contributed by atoms with Gasteiger partial charge in [-0.15, -0.1) is 0 Å². The average molecular weight is 309 g/mol. The highest BCUT2D eigenvalue weighted by molar-refractivity contribution is 7.91. The van der Waals surface area contributed by atoms with E-state index in [9.17, 15) is 31.2 Å². The van der Waals surface area contributed by atoms with Crippen molar-refractivity contribution in [1.29, 1.82) is 0 Å². The van der Waals surface area contributed by atoms with Crippen molar-refractivity contribution in [2.24, 2.45) is 0 Å². The zero-order valence-electron chi connectivity index (χ0n) is 10.4. The maximum absolute atomic E-state index is 11.3. The normalized spacial score (nSPS) is 14.8. The number of halogens is 3. The van der Waals surface area contributed by atoms with Gasteiger partial charge in [0.2, 0.25) is 9.84 Å². The zero-order valence-corrected chi connectivity index (χ0v) is 11.2. The summed E-state index contributed by atoms with van der Waals surface area (Å²) in [5, 5.41) is 0. The summed E-state index contributed by atoms with van der Waals surface area (Å²) >= 11 is 0. The van der Waals surface area contributed by atoms with Gasteiger partial charge in [-0.05, 0) is 12.1 Å². The van der Waals surface area contributed by atoms with Crippen LogP contribution in [0, 0.1) is 0 Å². The minimum Gasteiger partial charge on any atom is -0.277 e. The quantitative estimate of drug-likeness (QED) is 0.680. The molecular formula is C11H10F3NO4S. The molecule has 0 unspecified atom stereocenters. The molecule has 1 aliphatic rings. The SMILES string of the molecule is CN1C(=O)c2ccccc2C1=O.CS(=O)(=O)C(F)(F)F. The first-order valence-electron chi connectivity index (χ1n) is 5.14.